The Balaban J connectivity index is 2.20. The van der Waals surface area contributed by atoms with Crippen molar-refractivity contribution in [2.45, 2.75) is 18.9 Å². The standard InChI is InChI=1S/C10H14N4O5S/c1-19-10-8(14(15)16)9(11-6-12-10)13-7-2-4-20(17,18)5-3-7/h6-7H,2-5H2,1H3,(H,11,12,13). The number of rotatable bonds is 4. The SMILES string of the molecule is COc1ncnc(NC2CCS(=O)(=O)CC2)c1[N+](=O)[O-]. The summed E-state index contributed by atoms with van der Waals surface area (Å²) in [7, 11) is -1.69. The largest absolute Gasteiger partial charge is 0.476 e. The van der Waals surface area contributed by atoms with E-state index < -0.39 is 14.8 Å². The van der Waals surface area contributed by atoms with Crippen molar-refractivity contribution >= 4 is 21.3 Å². The Bertz CT molecular complexity index is 604. The van der Waals surface area contributed by atoms with Gasteiger partial charge >= 0.3 is 5.69 Å². The van der Waals surface area contributed by atoms with Crippen LogP contribution < -0.4 is 10.1 Å². The van der Waals surface area contributed by atoms with Crippen LogP contribution in [-0.2, 0) is 9.84 Å². The number of sulfone groups is 1. The molecular formula is C10H14N4O5S. The van der Waals surface area contributed by atoms with Crippen LogP contribution in [0.15, 0.2) is 6.33 Å². The van der Waals surface area contributed by atoms with E-state index in [0.717, 1.165) is 6.33 Å². The normalized spacial score (nSPS) is 18.4. The van der Waals surface area contributed by atoms with Gasteiger partial charge in [0.2, 0.25) is 5.82 Å². The topological polar surface area (TPSA) is 124 Å². The van der Waals surface area contributed by atoms with Gasteiger partial charge in [0, 0.05) is 6.04 Å². The third-order valence-electron chi connectivity index (χ3n) is 3.06. The van der Waals surface area contributed by atoms with Gasteiger partial charge in [-0.05, 0) is 12.8 Å². The maximum absolute atomic E-state index is 11.3. The van der Waals surface area contributed by atoms with Gasteiger partial charge in [-0.2, -0.15) is 4.98 Å². The van der Waals surface area contributed by atoms with E-state index in [4.69, 9.17) is 4.74 Å². The molecule has 2 heterocycles. The minimum Gasteiger partial charge on any atom is -0.476 e. The highest BCUT2D eigenvalue weighted by molar-refractivity contribution is 7.91. The van der Waals surface area contributed by atoms with E-state index in [9.17, 15) is 18.5 Å². The molecule has 1 saturated heterocycles. The Labute approximate surface area is 115 Å². The summed E-state index contributed by atoms with van der Waals surface area (Å²) in [6.07, 6.45) is 1.95. The summed E-state index contributed by atoms with van der Waals surface area (Å²) in [6, 6.07) is -0.170. The smallest absolute Gasteiger partial charge is 0.372 e. The summed E-state index contributed by atoms with van der Waals surface area (Å²) in [6.45, 7) is 0. The van der Waals surface area contributed by atoms with Crippen LogP contribution >= 0.6 is 0 Å². The molecule has 0 aliphatic carbocycles. The van der Waals surface area contributed by atoms with Crippen molar-refractivity contribution in [1.82, 2.24) is 9.97 Å². The Morgan fingerprint density at radius 2 is 2.05 bits per heavy atom. The highest BCUT2D eigenvalue weighted by Gasteiger charge is 2.28. The van der Waals surface area contributed by atoms with Crippen molar-refractivity contribution in [3.8, 4) is 5.88 Å². The molecule has 1 fully saturated rings. The fourth-order valence-corrected chi connectivity index (χ4v) is 3.50. The van der Waals surface area contributed by atoms with Gasteiger partial charge in [-0.3, -0.25) is 10.1 Å². The van der Waals surface area contributed by atoms with Crippen molar-refractivity contribution in [2.75, 3.05) is 23.9 Å². The lowest BCUT2D eigenvalue weighted by atomic mass is 10.1. The van der Waals surface area contributed by atoms with Crippen LogP contribution in [0.25, 0.3) is 0 Å². The molecule has 0 atom stereocenters. The third-order valence-corrected chi connectivity index (χ3v) is 4.78. The summed E-state index contributed by atoms with van der Waals surface area (Å²) in [5.74, 6) is 0.0588. The Morgan fingerprint density at radius 3 is 2.60 bits per heavy atom. The summed E-state index contributed by atoms with van der Waals surface area (Å²) in [4.78, 5) is 18.0. The van der Waals surface area contributed by atoms with Gasteiger partial charge in [0.05, 0.1) is 23.5 Å². The molecular weight excluding hydrogens is 288 g/mol. The molecule has 0 saturated carbocycles. The van der Waals surface area contributed by atoms with E-state index >= 15 is 0 Å². The summed E-state index contributed by atoms with van der Waals surface area (Å²) in [5.41, 5.74) is -0.344. The average molecular weight is 302 g/mol. The highest BCUT2D eigenvalue weighted by atomic mass is 32.2. The van der Waals surface area contributed by atoms with Crippen LogP contribution in [0.5, 0.6) is 5.88 Å². The zero-order chi connectivity index (χ0) is 14.8. The minimum atomic E-state index is -2.98. The van der Waals surface area contributed by atoms with Gasteiger partial charge in [-0.25, -0.2) is 13.4 Å². The maximum Gasteiger partial charge on any atom is 0.372 e. The number of anilines is 1. The van der Waals surface area contributed by atoms with Crippen LogP contribution in [-0.4, -0.2) is 48.0 Å². The number of hydrogen-bond acceptors (Lipinski definition) is 8. The first-order valence-corrected chi connectivity index (χ1v) is 7.75. The monoisotopic (exact) mass is 302 g/mol. The van der Waals surface area contributed by atoms with E-state index in [2.05, 4.69) is 15.3 Å². The number of hydrogen-bond donors (Lipinski definition) is 1. The molecule has 1 aromatic rings. The van der Waals surface area contributed by atoms with Crippen molar-refractivity contribution in [1.29, 1.82) is 0 Å². The quantitative estimate of drug-likeness (QED) is 0.625. The van der Waals surface area contributed by atoms with Crippen LogP contribution in [0.2, 0.25) is 0 Å². The first-order valence-electron chi connectivity index (χ1n) is 5.93. The van der Waals surface area contributed by atoms with Crippen molar-refractivity contribution in [2.24, 2.45) is 0 Å². The fourth-order valence-electron chi connectivity index (χ4n) is 2.01. The number of ether oxygens (including phenoxy) is 1. The molecule has 0 aromatic carbocycles. The molecule has 0 radical (unpaired) electrons. The molecule has 110 valence electrons. The molecule has 1 aliphatic heterocycles. The first-order chi connectivity index (χ1) is 9.43. The van der Waals surface area contributed by atoms with Crippen molar-refractivity contribution < 1.29 is 18.1 Å². The van der Waals surface area contributed by atoms with Gasteiger partial charge in [-0.15, -0.1) is 0 Å². The van der Waals surface area contributed by atoms with Crippen LogP contribution in [0, 0.1) is 10.1 Å². The van der Waals surface area contributed by atoms with Gasteiger partial charge < -0.3 is 10.1 Å². The second-order valence-electron chi connectivity index (χ2n) is 4.41. The lowest BCUT2D eigenvalue weighted by Gasteiger charge is -2.23. The van der Waals surface area contributed by atoms with Crippen LogP contribution in [0.3, 0.4) is 0 Å². The lowest BCUT2D eigenvalue weighted by Crippen LogP contribution is -2.32. The van der Waals surface area contributed by atoms with Gasteiger partial charge in [0.25, 0.3) is 5.88 Å². The molecule has 20 heavy (non-hydrogen) atoms. The first kappa shape index (κ1) is 14.4. The van der Waals surface area contributed by atoms with E-state index in [0.29, 0.717) is 12.8 Å². The van der Waals surface area contributed by atoms with E-state index in [1.165, 1.54) is 7.11 Å². The number of methoxy groups -OCH3 is 1. The predicted molar refractivity (Wildman–Crippen MR) is 70.5 cm³/mol. The summed E-state index contributed by atoms with van der Waals surface area (Å²) in [5, 5.41) is 14.0. The Kier molecular flexibility index (Phi) is 4.02. The van der Waals surface area contributed by atoms with Gasteiger partial charge in [-0.1, -0.05) is 0 Å². The zero-order valence-corrected chi connectivity index (χ0v) is 11.6. The Morgan fingerprint density at radius 1 is 1.40 bits per heavy atom. The molecule has 0 spiro atoms. The van der Waals surface area contributed by atoms with Crippen LogP contribution in [0.1, 0.15) is 12.8 Å². The molecule has 9 nitrogen and oxygen atoms in total. The third kappa shape index (κ3) is 3.13. The van der Waals surface area contributed by atoms with Gasteiger partial charge in [0.1, 0.15) is 16.2 Å². The van der Waals surface area contributed by atoms with Gasteiger partial charge in [0.15, 0.2) is 0 Å². The zero-order valence-electron chi connectivity index (χ0n) is 10.8. The lowest BCUT2D eigenvalue weighted by molar-refractivity contribution is -0.385. The number of nitrogens with zero attached hydrogens (tertiary/aromatic N) is 3. The number of nitrogens with one attached hydrogen (secondary N) is 1. The van der Waals surface area contributed by atoms with Crippen LogP contribution in [0.4, 0.5) is 11.5 Å². The minimum absolute atomic E-state index is 0.0474. The van der Waals surface area contributed by atoms with E-state index in [1.54, 1.807) is 0 Å². The fraction of sp³-hybridized carbons (Fsp3) is 0.600. The second-order valence-corrected chi connectivity index (χ2v) is 6.71. The molecule has 1 aromatic heterocycles. The van der Waals surface area contributed by atoms with Crippen molar-refractivity contribution in [3.05, 3.63) is 16.4 Å². The van der Waals surface area contributed by atoms with E-state index in [1.807, 2.05) is 0 Å². The second kappa shape index (κ2) is 5.57. The molecule has 2 rings (SSSR count). The predicted octanol–water partition coefficient (Wildman–Crippen LogP) is 0.383. The summed E-state index contributed by atoms with van der Waals surface area (Å²) >= 11 is 0. The molecule has 0 unspecified atom stereocenters. The molecule has 1 aliphatic rings. The van der Waals surface area contributed by atoms with Crippen molar-refractivity contribution in [3.63, 3.8) is 0 Å². The number of nitro groups is 1. The average Bonchev–Trinajstić information content (AvgIpc) is 2.40. The molecule has 0 bridgehead atoms. The van der Waals surface area contributed by atoms with E-state index in [-0.39, 0.29) is 34.9 Å². The Hall–Kier alpha value is -1.97. The summed E-state index contributed by atoms with van der Waals surface area (Å²) < 4.78 is 27.5. The maximum atomic E-state index is 11.3. The molecule has 1 N–H and O–H groups in total. The molecule has 0 amide bonds. The molecule has 10 heteroatoms. The highest BCUT2D eigenvalue weighted by Crippen LogP contribution is 2.31. The number of aromatic nitrogens is 2.